The number of nitrogens with zero attached hydrogens (tertiary/aromatic N) is 3. The lowest BCUT2D eigenvalue weighted by Crippen LogP contribution is -1.91. The van der Waals surface area contributed by atoms with Gasteiger partial charge in [-0.1, -0.05) is 11.2 Å². The van der Waals surface area contributed by atoms with Crippen molar-refractivity contribution in [1.29, 1.82) is 0 Å². The number of halogens is 1. The highest BCUT2D eigenvalue weighted by atomic mass is 79.9. The molecule has 6 heteroatoms. The van der Waals surface area contributed by atoms with E-state index >= 15 is 0 Å². The fraction of sp³-hybridized carbons (Fsp3) is 0.0714. The first kappa shape index (κ1) is 12.8. The molecular weight excluding hydrogens is 320 g/mol. The van der Waals surface area contributed by atoms with Crippen LogP contribution in [-0.4, -0.2) is 15.1 Å². The number of aromatic nitrogens is 3. The van der Waals surface area contributed by atoms with E-state index in [1.54, 1.807) is 12.4 Å². The molecule has 0 fully saturated rings. The maximum atomic E-state index is 6.01. The molecule has 0 saturated carbocycles. The smallest absolute Gasteiger partial charge is 0.260 e. The van der Waals surface area contributed by atoms with Crippen LogP contribution < -0.4 is 5.73 Å². The number of nitrogens with two attached hydrogens (primary N) is 1. The van der Waals surface area contributed by atoms with Gasteiger partial charge in [0.1, 0.15) is 0 Å². The van der Waals surface area contributed by atoms with Crippen LogP contribution in [0.2, 0.25) is 0 Å². The van der Waals surface area contributed by atoms with Crippen LogP contribution in [0.1, 0.15) is 5.56 Å². The van der Waals surface area contributed by atoms with Crippen molar-refractivity contribution < 1.29 is 4.52 Å². The van der Waals surface area contributed by atoms with Gasteiger partial charge < -0.3 is 10.3 Å². The topological polar surface area (TPSA) is 77.8 Å². The molecule has 20 heavy (non-hydrogen) atoms. The minimum Gasteiger partial charge on any atom is -0.397 e. The van der Waals surface area contributed by atoms with Crippen molar-refractivity contribution in [2.45, 2.75) is 6.92 Å². The first-order valence-corrected chi connectivity index (χ1v) is 6.75. The van der Waals surface area contributed by atoms with Gasteiger partial charge in [0, 0.05) is 22.4 Å². The number of anilines is 1. The Morgan fingerprint density at radius 2 is 2.05 bits per heavy atom. The Morgan fingerprint density at radius 1 is 1.20 bits per heavy atom. The maximum Gasteiger partial charge on any atom is 0.260 e. The lowest BCUT2D eigenvalue weighted by atomic mass is 10.1. The van der Waals surface area contributed by atoms with E-state index in [2.05, 4.69) is 31.1 Å². The van der Waals surface area contributed by atoms with Crippen LogP contribution in [-0.2, 0) is 0 Å². The third-order valence-corrected chi connectivity index (χ3v) is 3.68. The molecule has 3 rings (SSSR count). The quantitative estimate of drug-likeness (QED) is 0.728. The Balaban J connectivity index is 2.07. The van der Waals surface area contributed by atoms with Crippen LogP contribution in [0.5, 0.6) is 0 Å². The summed E-state index contributed by atoms with van der Waals surface area (Å²) in [7, 11) is 0. The zero-order chi connectivity index (χ0) is 14.1. The van der Waals surface area contributed by atoms with Crippen molar-refractivity contribution in [1.82, 2.24) is 15.1 Å². The normalized spacial score (nSPS) is 10.7. The van der Waals surface area contributed by atoms with Gasteiger partial charge in [-0.25, -0.2) is 0 Å². The van der Waals surface area contributed by atoms with E-state index in [1.807, 2.05) is 31.2 Å². The molecule has 0 amide bonds. The minimum absolute atomic E-state index is 0.391. The molecule has 0 bridgehead atoms. The molecule has 3 aromatic rings. The molecule has 0 atom stereocenters. The van der Waals surface area contributed by atoms with E-state index in [4.69, 9.17) is 10.3 Å². The molecule has 0 aliphatic rings. The summed E-state index contributed by atoms with van der Waals surface area (Å²) < 4.78 is 6.10. The van der Waals surface area contributed by atoms with Crippen LogP contribution in [0.4, 0.5) is 5.69 Å². The fourth-order valence-corrected chi connectivity index (χ4v) is 2.23. The van der Waals surface area contributed by atoms with Crippen molar-refractivity contribution >= 4 is 21.6 Å². The molecule has 0 saturated heterocycles. The maximum absolute atomic E-state index is 6.01. The second kappa shape index (κ2) is 5.05. The number of para-hydroxylation sites is 1. The molecule has 0 spiro atoms. The van der Waals surface area contributed by atoms with Crippen molar-refractivity contribution in [3.05, 3.63) is 46.7 Å². The summed E-state index contributed by atoms with van der Waals surface area (Å²) >= 11 is 3.38. The van der Waals surface area contributed by atoms with Crippen molar-refractivity contribution in [3.63, 3.8) is 0 Å². The number of hydrogen-bond donors (Lipinski definition) is 1. The first-order chi connectivity index (χ1) is 9.66. The minimum atomic E-state index is 0.391. The van der Waals surface area contributed by atoms with Gasteiger partial charge in [-0.2, -0.15) is 4.98 Å². The standard InChI is InChI=1S/C14H11BrN4O/c1-8-5-6-17-7-10(8)13-18-14(20-19-13)9-3-2-4-11(15)12(9)16/h2-7H,16H2,1H3. The first-order valence-electron chi connectivity index (χ1n) is 5.96. The van der Waals surface area contributed by atoms with E-state index in [-0.39, 0.29) is 0 Å². The monoisotopic (exact) mass is 330 g/mol. The Labute approximate surface area is 124 Å². The summed E-state index contributed by atoms with van der Waals surface area (Å²) in [6, 6.07) is 7.47. The third kappa shape index (κ3) is 2.18. The van der Waals surface area contributed by atoms with Crippen molar-refractivity contribution in [2.75, 3.05) is 5.73 Å². The number of rotatable bonds is 2. The summed E-state index contributed by atoms with van der Waals surface area (Å²) in [5, 5.41) is 4.00. The molecule has 100 valence electrons. The van der Waals surface area contributed by atoms with E-state index in [9.17, 15) is 0 Å². The third-order valence-electron chi connectivity index (χ3n) is 2.99. The molecule has 2 N–H and O–H groups in total. The summed E-state index contributed by atoms with van der Waals surface area (Å²) in [6.45, 7) is 1.97. The predicted octanol–water partition coefficient (Wildman–Crippen LogP) is 3.45. The van der Waals surface area contributed by atoms with Gasteiger partial charge in [0.25, 0.3) is 5.89 Å². The number of nitrogen functional groups attached to an aromatic ring is 1. The van der Waals surface area contributed by atoms with E-state index < -0.39 is 0 Å². The number of benzene rings is 1. The van der Waals surface area contributed by atoms with Gasteiger partial charge in [0.15, 0.2) is 0 Å². The molecule has 0 aliphatic carbocycles. The Bertz CT molecular complexity index is 769. The van der Waals surface area contributed by atoms with Gasteiger partial charge in [-0.15, -0.1) is 0 Å². The van der Waals surface area contributed by atoms with E-state index in [0.717, 1.165) is 15.6 Å². The largest absolute Gasteiger partial charge is 0.397 e. The number of hydrogen-bond acceptors (Lipinski definition) is 5. The highest BCUT2D eigenvalue weighted by molar-refractivity contribution is 9.10. The summed E-state index contributed by atoms with van der Waals surface area (Å²) in [6.07, 6.45) is 3.44. The molecule has 1 aromatic carbocycles. The molecule has 2 heterocycles. The van der Waals surface area contributed by atoms with E-state index in [1.165, 1.54) is 0 Å². The predicted molar refractivity (Wildman–Crippen MR) is 79.8 cm³/mol. The van der Waals surface area contributed by atoms with Crippen LogP contribution in [0.3, 0.4) is 0 Å². The van der Waals surface area contributed by atoms with Crippen LogP contribution >= 0.6 is 15.9 Å². The van der Waals surface area contributed by atoms with Gasteiger partial charge in [-0.05, 0) is 46.6 Å². The zero-order valence-electron chi connectivity index (χ0n) is 10.7. The van der Waals surface area contributed by atoms with Crippen LogP contribution in [0.25, 0.3) is 22.8 Å². The van der Waals surface area contributed by atoms with E-state index in [0.29, 0.717) is 23.0 Å². The lowest BCUT2D eigenvalue weighted by molar-refractivity contribution is 0.432. The molecular formula is C14H11BrN4O. The number of aryl methyl sites for hydroxylation is 1. The second-order valence-electron chi connectivity index (χ2n) is 4.31. The molecule has 2 aromatic heterocycles. The Hall–Kier alpha value is -2.21. The van der Waals surface area contributed by atoms with Gasteiger partial charge in [-0.3, -0.25) is 4.98 Å². The van der Waals surface area contributed by atoms with Crippen molar-refractivity contribution in [3.8, 4) is 22.8 Å². The van der Waals surface area contributed by atoms with Gasteiger partial charge in [0.05, 0.1) is 11.3 Å². The molecule has 0 unspecified atom stereocenters. The zero-order valence-corrected chi connectivity index (χ0v) is 12.3. The van der Waals surface area contributed by atoms with Gasteiger partial charge in [0.2, 0.25) is 5.82 Å². The molecule has 0 aliphatic heterocycles. The van der Waals surface area contributed by atoms with Crippen LogP contribution in [0, 0.1) is 6.92 Å². The highest BCUT2D eigenvalue weighted by Crippen LogP contribution is 2.31. The Morgan fingerprint density at radius 3 is 2.85 bits per heavy atom. The Kier molecular flexibility index (Phi) is 3.23. The average molecular weight is 331 g/mol. The summed E-state index contributed by atoms with van der Waals surface area (Å²) in [5.41, 5.74) is 9.17. The van der Waals surface area contributed by atoms with Gasteiger partial charge >= 0.3 is 0 Å². The molecule has 5 nitrogen and oxygen atoms in total. The molecule has 0 radical (unpaired) electrons. The fourth-order valence-electron chi connectivity index (χ4n) is 1.86. The summed E-state index contributed by atoms with van der Waals surface area (Å²) in [5.74, 6) is 0.895. The lowest BCUT2D eigenvalue weighted by Gasteiger charge is -2.02. The van der Waals surface area contributed by atoms with Crippen LogP contribution in [0.15, 0.2) is 45.7 Å². The number of pyridine rings is 1. The highest BCUT2D eigenvalue weighted by Gasteiger charge is 2.15. The SMILES string of the molecule is Cc1ccncc1-c1noc(-c2cccc(Br)c2N)n1. The average Bonchev–Trinajstić information content (AvgIpc) is 2.92. The van der Waals surface area contributed by atoms with Crippen molar-refractivity contribution in [2.24, 2.45) is 0 Å². The second-order valence-corrected chi connectivity index (χ2v) is 5.17. The summed E-state index contributed by atoms with van der Waals surface area (Å²) in [4.78, 5) is 8.48.